The minimum absolute atomic E-state index is 0.337. The minimum atomic E-state index is 0.337. The van der Waals surface area contributed by atoms with Gasteiger partial charge in [-0.15, -0.1) is 11.8 Å². The molecule has 1 aromatic carbocycles. The predicted molar refractivity (Wildman–Crippen MR) is 71.9 cm³/mol. The monoisotopic (exact) mass is 279 g/mol. The average molecular weight is 280 g/mol. The summed E-state index contributed by atoms with van der Waals surface area (Å²) >= 11 is 13.5. The second-order valence-corrected chi connectivity index (χ2v) is 5.24. The second kappa shape index (κ2) is 7.41. The smallest absolute Gasteiger partial charge is 0.0623 e. The molecule has 0 heterocycles. The highest BCUT2D eigenvalue weighted by Crippen LogP contribution is 2.28. The summed E-state index contributed by atoms with van der Waals surface area (Å²) in [6.07, 6.45) is 0. The minimum Gasteiger partial charge on any atom is -0.383 e. The lowest BCUT2D eigenvalue weighted by atomic mass is 10.4. The van der Waals surface area contributed by atoms with Crippen LogP contribution in [0.3, 0.4) is 0 Å². The first-order valence-electron chi connectivity index (χ1n) is 4.91. The van der Waals surface area contributed by atoms with E-state index in [0.717, 1.165) is 10.6 Å². The molecule has 90 valence electrons. The first-order chi connectivity index (χ1) is 7.67. The fraction of sp³-hybridized carbons (Fsp3) is 0.455. The summed E-state index contributed by atoms with van der Waals surface area (Å²) in [5.41, 5.74) is 0. The molecule has 0 fully saturated rings. The van der Waals surface area contributed by atoms with Crippen molar-refractivity contribution in [2.75, 3.05) is 26.5 Å². The molecule has 0 saturated carbocycles. The van der Waals surface area contributed by atoms with Crippen molar-refractivity contribution in [3.8, 4) is 0 Å². The van der Waals surface area contributed by atoms with E-state index in [-0.39, 0.29) is 0 Å². The molecule has 0 saturated heterocycles. The molecule has 0 bridgehead atoms. The number of ether oxygens (including phenoxy) is 1. The Kier molecular flexibility index (Phi) is 6.54. The maximum absolute atomic E-state index is 5.94. The quantitative estimate of drug-likeness (QED) is 0.808. The van der Waals surface area contributed by atoms with Crippen molar-refractivity contribution < 1.29 is 4.74 Å². The number of rotatable bonds is 6. The Morgan fingerprint density at radius 2 is 2.12 bits per heavy atom. The van der Waals surface area contributed by atoms with Crippen molar-refractivity contribution in [1.29, 1.82) is 0 Å². The highest BCUT2D eigenvalue weighted by atomic mass is 35.5. The van der Waals surface area contributed by atoms with Gasteiger partial charge in [-0.3, -0.25) is 0 Å². The van der Waals surface area contributed by atoms with E-state index >= 15 is 0 Å². The van der Waals surface area contributed by atoms with Crippen LogP contribution in [0.5, 0.6) is 0 Å². The van der Waals surface area contributed by atoms with Crippen molar-refractivity contribution in [2.45, 2.75) is 10.9 Å². The molecule has 1 rings (SSSR count). The van der Waals surface area contributed by atoms with Crippen molar-refractivity contribution in [2.24, 2.45) is 0 Å². The zero-order valence-electron chi connectivity index (χ0n) is 9.30. The van der Waals surface area contributed by atoms with E-state index in [9.17, 15) is 0 Å². The number of hydrogen-bond donors (Lipinski definition) is 1. The van der Waals surface area contributed by atoms with E-state index in [4.69, 9.17) is 27.9 Å². The molecule has 1 atom stereocenters. The van der Waals surface area contributed by atoms with Gasteiger partial charge >= 0.3 is 0 Å². The highest BCUT2D eigenvalue weighted by molar-refractivity contribution is 7.99. The summed E-state index contributed by atoms with van der Waals surface area (Å²) in [5, 5.41) is 4.38. The van der Waals surface area contributed by atoms with Crippen LogP contribution in [0.4, 0.5) is 0 Å². The number of halogens is 2. The van der Waals surface area contributed by atoms with Crippen LogP contribution in [-0.4, -0.2) is 32.6 Å². The summed E-state index contributed by atoms with van der Waals surface area (Å²) < 4.78 is 5.10. The van der Waals surface area contributed by atoms with Gasteiger partial charge in [0, 0.05) is 23.8 Å². The van der Waals surface area contributed by atoms with E-state index in [2.05, 4.69) is 5.32 Å². The second-order valence-electron chi connectivity index (χ2n) is 3.33. The van der Waals surface area contributed by atoms with E-state index < -0.39 is 0 Å². The molecular formula is C11H15Cl2NOS. The van der Waals surface area contributed by atoms with E-state index in [0.29, 0.717) is 22.7 Å². The Morgan fingerprint density at radius 3 is 2.69 bits per heavy atom. The molecule has 0 aliphatic heterocycles. The van der Waals surface area contributed by atoms with Gasteiger partial charge in [-0.05, 0) is 25.2 Å². The van der Waals surface area contributed by atoms with Gasteiger partial charge in [0.25, 0.3) is 0 Å². The molecule has 0 radical (unpaired) electrons. The van der Waals surface area contributed by atoms with Gasteiger partial charge < -0.3 is 10.1 Å². The lowest BCUT2D eigenvalue weighted by Crippen LogP contribution is -2.32. The van der Waals surface area contributed by atoms with E-state index in [1.165, 1.54) is 0 Å². The Bertz CT molecular complexity index is 336. The van der Waals surface area contributed by atoms with Gasteiger partial charge in [0.1, 0.15) is 0 Å². The Hall–Kier alpha value is 0.0700. The van der Waals surface area contributed by atoms with Gasteiger partial charge in [-0.2, -0.15) is 0 Å². The zero-order chi connectivity index (χ0) is 12.0. The molecular weight excluding hydrogens is 265 g/mol. The first-order valence-corrected chi connectivity index (χ1v) is 6.65. The Labute approximate surface area is 111 Å². The standard InChI is InChI=1S/C11H15Cl2NOS/c1-14-8(6-15-2)7-16-9-3-4-10(12)11(13)5-9/h3-5,8,14H,6-7H2,1-2H3. The predicted octanol–water partition coefficient (Wildman–Crippen LogP) is 3.32. The fourth-order valence-corrected chi connectivity index (χ4v) is 2.56. The van der Waals surface area contributed by atoms with Crippen LogP contribution >= 0.6 is 35.0 Å². The third-order valence-corrected chi connectivity index (χ3v) is 4.01. The van der Waals surface area contributed by atoms with Crippen molar-refractivity contribution >= 4 is 35.0 Å². The Balaban J connectivity index is 2.50. The largest absolute Gasteiger partial charge is 0.383 e. The van der Waals surface area contributed by atoms with Crippen LogP contribution < -0.4 is 5.32 Å². The van der Waals surface area contributed by atoms with Crippen LogP contribution in [0.15, 0.2) is 23.1 Å². The molecule has 16 heavy (non-hydrogen) atoms. The molecule has 0 spiro atoms. The number of nitrogens with one attached hydrogen (secondary N) is 1. The maximum Gasteiger partial charge on any atom is 0.0623 e. The molecule has 1 aromatic rings. The molecule has 0 aromatic heterocycles. The Morgan fingerprint density at radius 1 is 1.38 bits per heavy atom. The molecule has 2 nitrogen and oxygen atoms in total. The number of thioether (sulfide) groups is 1. The topological polar surface area (TPSA) is 21.3 Å². The lowest BCUT2D eigenvalue weighted by Gasteiger charge is -2.14. The zero-order valence-corrected chi connectivity index (χ0v) is 11.6. The average Bonchev–Trinajstić information content (AvgIpc) is 2.28. The summed E-state index contributed by atoms with van der Waals surface area (Å²) in [5.74, 6) is 0.933. The number of likely N-dealkylation sites (N-methyl/N-ethyl adjacent to an activating group) is 1. The van der Waals surface area contributed by atoms with E-state index in [1.807, 2.05) is 25.2 Å². The van der Waals surface area contributed by atoms with Gasteiger partial charge in [-0.1, -0.05) is 23.2 Å². The highest BCUT2D eigenvalue weighted by Gasteiger charge is 2.07. The number of hydrogen-bond acceptors (Lipinski definition) is 3. The molecule has 0 amide bonds. The van der Waals surface area contributed by atoms with Crippen LogP contribution in [0.25, 0.3) is 0 Å². The van der Waals surface area contributed by atoms with Gasteiger partial charge in [0.2, 0.25) is 0 Å². The summed E-state index contributed by atoms with van der Waals surface area (Å²) in [6.45, 7) is 0.699. The van der Waals surface area contributed by atoms with Crippen molar-refractivity contribution in [3.63, 3.8) is 0 Å². The summed E-state index contributed by atoms with van der Waals surface area (Å²) in [4.78, 5) is 1.12. The number of methoxy groups -OCH3 is 1. The third kappa shape index (κ3) is 4.52. The lowest BCUT2D eigenvalue weighted by molar-refractivity contribution is 0.177. The summed E-state index contributed by atoms with van der Waals surface area (Å²) in [7, 11) is 3.63. The molecule has 1 N–H and O–H groups in total. The van der Waals surface area contributed by atoms with Crippen molar-refractivity contribution in [1.82, 2.24) is 5.32 Å². The fourth-order valence-electron chi connectivity index (χ4n) is 1.18. The van der Waals surface area contributed by atoms with Crippen molar-refractivity contribution in [3.05, 3.63) is 28.2 Å². The van der Waals surface area contributed by atoms with Crippen LogP contribution in [0, 0.1) is 0 Å². The van der Waals surface area contributed by atoms with Crippen LogP contribution in [0.2, 0.25) is 10.0 Å². The molecule has 0 aliphatic rings. The SMILES string of the molecule is CNC(COC)CSc1ccc(Cl)c(Cl)c1. The maximum atomic E-state index is 5.94. The van der Waals surface area contributed by atoms with Crippen LogP contribution in [0.1, 0.15) is 0 Å². The first kappa shape index (κ1) is 14.1. The number of benzene rings is 1. The molecule has 5 heteroatoms. The third-order valence-electron chi connectivity index (χ3n) is 2.12. The summed E-state index contributed by atoms with van der Waals surface area (Å²) in [6, 6.07) is 6.01. The molecule has 0 aliphatic carbocycles. The molecule has 1 unspecified atom stereocenters. The van der Waals surface area contributed by atoms with Gasteiger partial charge in [-0.25, -0.2) is 0 Å². The van der Waals surface area contributed by atoms with E-state index in [1.54, 1.807) is 18.9 Å². The van der Waals surface area contributed by atoms with Gasteiger partial charge in [0.05, 0.1) is 16.7 Å². The van der Waals surface area contributed by atoms with Gasteiger partial charge in [0.15, 0.2) is 0 Å². The van der Waals surface area contributed by atoms with Crippen LogP contribution in [-0.2, 0) is 4.74 Å². The normalized spacial score (nSPS) is 12.8.